The van der Waals surface area contributed by atoms with Crippen LogP contribution in [-0.2, 0) is 10.0 Å². The smallest absolute Gasteiger partial charge is 0.240 e. The SMILES string of the molecule is CC(C)CC(CCO)CNS(=O)(=O)c1ccc(F)c(C#N)c1. The van der Waals surface area contributed by atoms with Gasteiger partial charge in [-0.1, -0.05) is 13.8 Å². The molecule has 0 spiro atoms. The number of nitriles is 1. The molecule has 0 saturated carbocycles. The molecule has 0 heterocycles. The monoisotopic (exact) mass is 328 g/mol. The highest BCUT2D eigenvalue weighted by molar-refractivity contribution is 7.89. The van der Waals surface area contributed by atoms with E-state index in [0.717, 1.165) is 24.6 Å². The van der Waals surface area contributed by atoms with Gasteiger partial charge in [-0.15, -0.1) is 0 Å². The Bertz CT molecular complexity index is 639. The van der Waals surface area contributed by atoms with Crippen molar-refractivity contribution in [3.63, 3.8) is 0 Å². The second-order valence-corrected chi connectivity index (χ2v) is 7.38. The van der Waals surface area contributed by atoms with Crippen molar-refractivity contribution in [2.45, 2.75) is 31.6 Å². The topological polar surface area (TPSA) is 90.2 Å². The highest BCUT2D eigenvalue weighted by Crippen LogP contribution is 2.17. The fourth-order valence-corrected chi connectivity index (χ4v) is 3.36. The zero-order valence-electron chi connectivity index (χ0n) is 12.7. The normalized spacial score (nSPS) is 13.1. The van der Waals surface area contributed by atoms with Crippen LogP contribution in [0.5, 0.6) is 0 Å². The quantitative estimate of drug-likeness (QED) is 0.764. The molecular formula is C15H21FN2O3S. The van der Waals surface area contributed by atoms with E-state index in [2.05, 4.69) is 4.72 Å². The Morgan fingerprint density at radius 2 is 2.09 bits per heavy atom. The third-order valence-electron chi connectivity index (χ3n) is 3.27. The lowest BCUT2D eigenvalue weighted by Gasteiger charge is -2.18. The van der Waals surface area contributed by atoms with E-state index in [1.165, 1.54) is 0 Å². The molecule has 122 valence electrons. The van der Waals surface area contributed by atoms with Gasteiger partial charge >= 0.3 is 0 Å². The Balaban J connectivity index is 2.84. The van der Waals surface area contributed by atoms with Crippen molar-refractivity contribution in [1.29, 1.82) is 5.26 Å². The summed E-state index contributed by atoms with van der Waals surface area (Å²) in [5, 5.41) is 17.8. The van der Waals surface area contributed by atoms with Gasteiger partial charge in [0.25, 0.3) is 0 Å². The predicted molar refractivity (Wildman–Crippen MR) is 81.0 cm³/mol. The molecule has 0 aliphatic carbocycles. The first-order valence-corrected chi connectivity index (χ1v) is 8.58. The number of hydrogen-bond donors (Lipinski definition) is 2. The molecule has 0 saturated heterocycles. The molecule has 0 bridgehead atoms. The maximum absolute atomic E-state index is 13.3. The molecule has 0 radical (unpaired) electrons. The minimum Gasteiger partial charge on any atom is -0.396 e. The summed E-state index contributed by atoms with van der Waals surface area (Å²) in [6.45, 7) is 4.24. The Kier molecular flexibility index (Phi) is 6.94. The average molecular weight is 328 g/mol. The lowest BCUT2D eigenvalue weighted by atomic mass is 9.95. The number of aliphatic hydroxyl groups is 1. The fourth-order valence-electron chi connectivity index (χ4n) is 2.22. The van der Waals surface area contributed by atoms with E-state index in [9.17, 15) is 12.8 Å². The molecule has 0 amide bonds. The van der Waals surface area contributed by atoms with Gasteiger partial charge in [0.15, 0.2) is 0 Å². The van der Waals surface area contributed by atoms with E-state index in [0.29, 0.717) is 12.3 Å². The molecule has 1 unspecified atom stereocenters. The summed E-state index contributed by atoms with van der Waals surface area (Å²) in [6.07, 6.45) is 1.30. The first-order valence-electron chi connectivity index (χ1n) is 7.10. The summed E-state index contributed by atoms with van der Waals surface area (Å²) in [5.41, 5.74) is -0.308. The molecule has 2 N–H and O–H groups in total. The van der Waals surface area contributed by atoms with Gasteiger partial charge < -0.3 is 5.11 Å². The molecule has 0 aromatic heterocycles. The Morgan fingerprint density at radius 3 is 2.64 bits per heavy atom. The Morgan fingerprint density at radius 1 is 1.41 bits per heavy atom. The zero-order chi connectivity index (χ0) is 16.8. The summed E-state index contributed by atoms with van der Waals surface area (Å²) in [5.74, 6) is -0.341. The van der Waals surface area contributed by atoms with Crippen LogP contribution in [0.15, 0.2) is 23.1 Å². The highest BCUT2D eigenvalue weighted by atomic mass is 32.2. The zero-order valence-corrected chi connectivity index (χ0v) is 13.5. The number of rotatable bonds is 8. The molecule has 0 aliphatic heterocycles. The second-order valence-electron chi connectivity index (χ2n) is 5.61. The summed E-state index contributed by atoms with van der Waals surface area (Å²) in [7, 11) is -3.81. The van der Waals surface area contributed by atoms with Crippen molar-refractivity contribution in [3.8, 4) is 6.07 Å². The number of aliphatic hydroxyl groups excluding tert-OH is 1. The van der Waals surface area contributed by atoms with Crippen LogP contribution in [0.1, 0.15) is 32.3 Å². The van der Waals surface area contributed by atoms with Crippen molar-refractivity contribution < 1.29 is 17.9 Å². The standard InChI is InChI=1S/C15H21FN2O3S/c1-11(2)7-12(5-6-19)10-18-22(20,21)14-3-4-15(16)13(8-14)9-17/h3-4,8,11-12,18-19H,5-7,10H2,1-2H3. The Labute approximate surface area is 130 Å². The van der Waals surface area contributed by atoms with Crippen molar-refractivity contribution >= 4 is 10.0 Å². The van der Waals surface area contributed by atoms with E-state index < -0.39 is 15.8 Å². The first kappa shape index (κ1) is 18.6. The maximum atomic E-state index is 13.3. The summed E-state index contributed by atoms with van der Waals surface area (Å²) < 4.78 is 40.1. The molecule has 1 aromatic rings. The van der Waals surface area contributed by atoms with Crippen LogP contribution in [0, 0.1) is 29.0 Å². The van der Waals surface area contributed by atoms with Crippen LogP contribution in [0.25, 0.3) is 0 Å². The van der Waals surface area contributed by atoms with Gasteiger partial charge in [-0.3, -0.25) is 0 Å². The van der Waals surface area contributed by atoms with Gasteiger partial charge in [-0.2, -0.15) is 5.26 Å². The molecule has 1 rings (SSSR count). The third kappa shape index (κ3) is 5.37. The van der Waals surface area contributed by atoms with Gasteiger partial charge in [0.05, 0.1) is 10.5 Å². The maximum Gasteiger partial charge on any atom is 0.240 e. The van der Waals surface area contributed by atoms with E-state index in [1.807, 2.05) is 13.8 Å². The summed E-state index contributed by atoms with van der Waals surface area (Å²) in [4.78, 5) is -0.141. The highest BCUT2D eigenvalue weighted by Gasteiger charge is 2.19. The molecule has 22 heavy (non-hydrogen) atoms. The van der Waals surface area contributed by atoms with E-state index in [1.54, 1.807) is 6.07 Å². The molecule has 0 aliphatic rings. The number of halogens is 1. The van der Waals surface area contributed by atoms with Crippen molar-refractivity contribution in [3.05, 3.63) is 29.6 Å². The Hall–Kier alpha value is -1.49. The van der Waals surface area contributed by atoms with E-state index in [-0.39, 0.29) is 29.5 Å². The molecule has 7 heteroatoms. The minimum absolute atomic E-state index is 0.00571. The lowest BCUT2D eigenvalue weighted by molar-refractivity contribution is 0.243. The second kappa shape index (κ2) is 8.22. The van der Waals surface area contributed by atoms with Crippen LogP contribution in [0.2, 0.25) is 0 Å². The van der Waals surface area contributed by atoms with Crippen LogP contribution in [0.4, 0.5) is 4.39 Å². The molecule has 5 nitrogen and oxygen atoms in total. The largest absolute Gasteiger partial charge is 0.396 e. The van der Waals surface area contributed by atoms with Gasteiger partial charge in [0, 0.05) is 13.2 Å². The van der Waals surface area contributed by atoms with E-state index in [4.69, 9.17) is 10.4 Å². The minimum atomic E-state index is -3.81. The van der Waals surface area contributed by atoms with Gasteiger partial charge in [-0.05, 0) is 42.9 Å². The van der Waals surface area contributed by atoms with Crippen LogP contribution in [-0.4, -0.2) is 26.7 Å². The average Bonchev–Trinajstić information content (AvgIpc) is 2.45. The summed E-state index contributed by atoms with van der Waals surface area (Å²) >= 11 is 0. The first-order chi connectivity index (χ1) is 10.3. The number of sulfonamides is 1. The predicted octanol–water partition coefficient (Wildman–Crippen LogP) is 2.02. The van der Waals surface area contributed by atoms with E-state index >= 15 is 0 Å². The van der Waals surface area contributed by atoms with Crippen molar-refractivity contribution in [2.75, 3.05) is 13.2 Å². The number of benzene rings is 1. The van der Waals surface area contributed by atoms with Crippen LogP contribution in [0.3, 0.4) is 0 Å². The van der Waals surface area contributed by atoms with Gasteiger partial charge in [0.2, 0.25) is 10.0 Å². The van der Waals surface area contributed by atoms with Gasteiger partial charge in [-0.25, -0.2) is 17.5 Å². The van der Waals surface area contributed by atoms with Crippen LogP contribution < -0.4 is 4.72 Å². The number of hydrogen-bond acceptors (Lipinski definition) is 4. The lowest BCUT2D eigenvalue weighted by Crippen LogP contribution is -2.30. The van der Waals surface area contributed by atoms with Gasteiger partial charge in [0.1, 0.15) is 11.9 Å². The number of nitrogens with one attached hydrogen (secondary N) is 1. The molecule has 1 aromatic carbocycles. The number of nitrogens with zero attached hydrogens (tertiary/aromatic N) is 1. The third-order valence-corrected chi connectivity index (χ3v) is 4.69. The van der Waals surface area contributed by atoms with Crippen LogP contribution >= 0.6 is 0 Å². The van der Waals surface area contributed by atoms with Crippen molar-refractivity contribution in [1.82, 2.24) is 4.72 Å². The fraction of sp³-hybridized carbons (Fsp3) is 0.533. The molecule has 1 atom stereocenters. The van der Waals surface area contributed by atoms with Crippen molar-refractivity contribution in [2.24, 2.45) is 11.8 Å². The molecule has 0 fully saturated rings. The molecular weight excluding hydrogens is 307 g/mol. The summed E-state index contributed by atoms with van der Waals surface area (Å²) in [6, 6.07) is 4.73.